The van der Waals surface area contributed by atoms with Crippen molar-refractivity contribution < 1.29 is 18.0 Å². The zero-order valence-electron chi connectivity index (χ0n) is 13.4. The lowest BCUT2D eigenvalue weighted by Crippen LogP contribution is -2.41. The fourth-order valence-corrected chi connectivity index (χ4v) is 4.64. The molecule has 1 aliphatic heterocycles. The van der Waals surface area contributed by atoms with Crippen molar-refractivity contribution in [2.45, 2.75) is 38.6 Å². The molecule has 1 fully saturated rings. The summed E-state index contributed by atoms with van der Waals surface area (Å²) in [6, 6.07) is 8.66. The van der Waals surface area contributed by atoms with Crippen molar-refractivity contribution in [3.8, 4) is 0 Å². The van der Waals surface area contributed by atoms with Crippen LogP contribution in [0.25, 0.3) is 0 Å². The van der Waals surface area contributed by atoms with Gasteiger partial charge in [-0.15, -0.1) is 0 Å². The topological polar surface area (TPSA) is 71.5 Å². The monoisotopic (exact) mass is 337 g/mol. The van der Waals surface area contributed by atoms with Crippen LogP contribution in [0, 0.1) is 0 Å². The maximum atomic E-state index is 12.4. The molecular weight excluding hydrogens is 314 g/mol. The molecule has 5 nitrogen and oxygen atoms in total. The summed E-state index contributed by atoms with van der Waals surface area (Å²) in [5.74, 6) is 0.00659. The van der Waals surface area contributed by atoms with Crippen molar-refractivity contribution in [1.82, 2.24) is 4.90 Å². The van der Waals surface area contributed by atoms with Crippen LogP contribution in [-0.2, 0) is 14.6 Å². The second kappa shape index (κ2) is 7.73. The van der Waals surface area contributed by atoms with Crippen LogP contribution in [0.3, 0.4) is 0 Å². The van der Waals surface area contributed by atoms with Gasteiger partial charge >= 0.3 is 0 Å². The SMILES string of the molecule is CCCN(C(=O)CCC(=O)c1ccccc1)C1CCS(=O)(=O)C1. The summed E-state index contributed by atoms with van der Waals surface area (Å²) in [5.41, 5.74) is 0.603. The zero-order chi connectivity index (χ0) is 16.9. The van der Waals surface area contributed by atoms with Crippen molar-refractivity contribution in [2.24, 2.45) is 0 Å². The standard InChI is InChI=1S/C17H23NO4S/c1-2-11-18(15-10-12-23(21,22)13-15)17(20)9-8-16(19)14-6-4-3-5-7-14/h3-7,15H,2,8-13H2,1H3. The Morgan fingerprint density at radius 1 is 1.17 bits per heavy atom. The van der Waals surface area contributed by atoms with E-state index < -0.39 is 9.84 Å². The van der Waals surface area contributed by atoms with Crippen LogP contribution in [0.15, 0.2) is 30.3 Å². The molecule has 0 aromatic heterocycles. The third-order valence-corrected chi connectivity index (χ3v) is 5.85. The van der Waals surface area contributed by atoms with E-state index in [-0.39, 0.29) is 42.1 Å². The lowest BCUT2D eigenvalue weighted by Gasteiger charge is -2.28. The molecule has 1 aromatic carbocycles. The minimum atomic E-state index is -3.03. The first-order chi connectivity index (χ1) is 10.9. The van der Waals surface area contributed by atoms with E-state index in [2.05, 4.69) is 0 Å². The molecule has 0 bridgehead atoms. The molecule has 0 aliphatic carbocycles. The molecule has 1 atom stereocenters. The number of nitrogens with zero attached hydrogens (tertiary/aromatic N) is 1. The number of ketones is 1. The van der Waals surface area contributed by atoms with Crippen LogP contribution < -0.4 is 0 Å². The molecule has 1 amide bonds. The first-order valence-corrected chi connectivity index (χ1v) is 9.83. The van der Waals surface area contributed by atoms with Crippen molar-refractivity contribution >= 4 is 21.5 Å². The molecule has 126 valence electrons. The van der Waals surface area contributed by atoms with Crippen molar-refractivity contribution in [2.75, 3.05) is 18.1 Å². The molecule has 1 aliphatic rings. The van der Waals surface area contributed by atoms with Crippen LogP contribution in [0.1, 0.15) is 43.0 Å². The number of hydrogen-bond donors (Lipinski definition) is 0. The Hall–Kier alpha value is -1.69. The lowest BCUT2D eigenvalue weighted by molar-refractivity contribution is -0.133. The van der Waals surface area contributed by atoms with Gasteiger partial charge in [0.05, 0.1) is 11.5 Å². The smallest absolute Gasteiger partial charge is 0.223 e. The molecule has 1 saturated heterocycles. The summed E-state index contributed by atoms with van der Waals surface area (Å²) in [4.78, 5) is 26.2. The Morgan fingerprint density at radius 3 is 2.43 bits per heavy atom. The van der Waals surface area contributed by atoms with E-state index in [9.17, 15) is 18.0 Å². The highest BCUT2D eigenvalue weighted by atomic mass is 32.2. The van der Waals surface area contributed by atoms with E-state index >= 15 is 0 Å². The molecule has 0 N–H and O–H groups in total. The molecule has 2 rings (SSSR count). The summed E-state index contributed by atoms with van der Waals surface area (Å²) in [5, 5.41) is 0. The summed E-state index contributed by atoms with van der Waals surface area (Å²) in [6.45, 7) is 2.50. The van der Waals surface area contributed by atoms with Gasteiger partial charge in [0.25, 0.3) is 0 Å². The van der Waals surface area contributed by atoms with Crippen LogP contribution >= 0.6 is 0 Å². The van der Waals surface area contributed by atoms with Crippen LogP contribution in [0.2, 0.25) is 0 Å². The number of benzene rings is 1. The molecule has 23 heavy (non-hydrogen) atoms. The van der Waals surface area contributed by atoms with E-state index in [0.717, 1.165) is 6.42 Å². The Bertz CT molecular complexity index is 654. The van der Waals surface area contributed by atoms with Gasteiger partial charge in [-0.25, -0.2) is 8.42 Å². The number of hydrogen-bond acceptors (Lipinski definition) is 4. The van der Waals surface area contributed by atoms with E-state index in [1.54, 1.807) is 29.2 Å². The molecule has 1 heterocycles. The molecule has 1 aromatic rings. The van der Waals surface area contributed by atoms with Gasteiger partial charge in [-0.05, 0) is 12.8 Å². The molecule has 6 heteroatoms. The van der Waals surface area contributed by atoms with Crippen molar-refractivity contribution in [3.05, 3.63) is 35.9 Å². The van der Waals surface area contributed by atoms with E-state index in [4.69, 9.17) is 0 Å². The number of sulfone groups is 1. The Balaban J connectivity index is 1.95. The number of carbonyl (C=O) groups is 2. The average molecular weight is 337 g/mol. The zero-order valence-corrected chi connectivity index (χ0v) is 14.2. The molecule has 0 spiro atoms. The fraction of sp³-hybridized carbons (Fsp3) is 0.529. The Labute approximate surface area is 137 Å². The fourth-order valence-electron chi connectivity index (χ4n) is 2.91. The van der Waals surface area contributed by atoms with Gasteiger partial charge < -0.3 is 4.90 Å². The van der Waals surface area contributed by atoms with Gasteiger partial charge in [-0.3, -0.25) is 9.59 Å². The summed E-state index contributed by atoms with van der Waals surface area (Å²) in [6.07, 6.45) is 1.56. The predicted molar refractivity (Wildman–Crippen MR) is 89.1 cm³/mol. The minimum Gasteiger partial charge on any atom is -0.339 e. The Morgan fingerprint density at radius 2 is 1.87 bits per heavy atom. The first-order valence-electron chi connectivity index (χ1n) is 8.01. The van der Waals surface area contributed by atoms with Crippen LogP contribution in [0.4, 0.5) is 0 Å². The highest BCUT2D eigenvalue weighted by Crippen LogP contribution is 2.19. The summed E-state index contributed by atoms with van der Waals surface area (Å²) < 4.78 is 23.3. The predicted octanol–water partition coefficient (Wildman–Crippen LogP) is 2.08. The second-order valence-corrected chi connectivity index (χ2v) is 8.16. The van der Waals surface area contributed by atoms with Gasteiger partial charge in [0.2, 0.25) is 5.91 Å². The van der Waals surface area contributed by atoms with Gasteiger partial charge in [0.15, 0.2) is 15.6 Å². The summed E-state index contributed by atoms with van der Waals surface area (Å²) in [7, 11) is -3.03. The second-order valence-electron chi connectivity index (χ2n) is 5.93. The molecular formula is C17H23NO4S. The summed E-state index contributed by atoms with van der Waals surface area (Å²) >= 11 is 0. The van der Waals surface area contributed by atoms with Gasteiger partial charge in [0, 0.05) is 31.0 Å². The van der Waals surface area contributed by atoms with Crippen LogP contribution in [-0.4, -0.2) is 49.1 Å². The quantitative estimate of drug-likeness (QED) is 0.714. The van der Waals surface area contributed by atoms with Crippen molar-refractivity contribution in [3.63, 3.8) is 0 Å². The number of amides is 1. The maximum Gasteiger partial charge on any atom is 0.223 e. The number of Topliss-reactive ketones (excluding diaryl/α,β-unsaturated/α-hetero) is 1. The average Bonchev–Trinajstić information content (AvgIpc) is 2.90. The van der Waals surface area contributed by atoms with Crippen molar-refractivity contribution in [1.29, 1.82) is 0 Å². The first kappa shape index (κ1) is 17.7. The third kappa shape index (κ3) is 4.89. The largest absolute Gasteiger partial charge is 0.339 e. The minimum absolute atomic E-state index is 0.0470. The van der Waals surface area contributed by atoms with Gasteiger partial charge in [-0.1, -0.05) is 37.3 Å². The maximum absolute atomic E-state index is 12.4. The third-order valence-electron chi connectivity index (χ3n) is 4.10. The lowest BCUT2D eigenvalue weighted by atomic mass is 10.1. The molecule has 1 unspecified atom stereocenters. The highest BCUT2D eigenvalue weighted by Gasteiger charge is 2.34. The Kier molecular flexibility index (Phi) is 5.93. The number of rotatable bonds is 7. The van der Waals surface area contributed by atoms with Gasteiger partial charge in [0.1, 0.15) is 0 Å². The number of carbonyl (C=O) groups excluding carboxylic acids is 2. The normalized spacial score (nSPS) is 19.4. The highest BCUT2D eigenvalue weighted by molar-refractivity contribution is 7.91. The van der Waals surface area contributed by atoms with E-state index in [1.165, 1.54) is 0 Å². The molecule has 0 saturated carbocycles. The van der Waals surface area contributed by atoms with Crippen LogP contribution in [0.5, 0.6) is 0 Å². The molecule has 0 radical (unpaired) electrons. The van der Waals surface area contributed by atoms with E-state index in [0.29, 0.717) is 18.5 Å². The van der Waals surface area contributed by atoms with Gasteiger partial charge in [-0.2, -0.15) is 0 Å². The van der Waals surface area contributed by atoms with E-state index in [1.807, 2.05) is 13.0 Å².